The zero-order chi connectivity index (χ0) is 15.0. The van der Waals surface area contributed by atoms with Crippen molar-refractivity contribution in [2.75, 3.05) is 6.54 Å². The van der Waals surface area contributed by atoms with Gasteiger partial charge < -0.3 is 0 Å². The summed E-state index contributed by atoms with van der Waals surface area (Å²) >= 11 is 1.29. The number of hydrogen-bond acceptors (Lipinski definition) is 5. The zero-order valence-electron chi connectivity index (χ0n) is 11.4. The van der Waals surface area contributed by atoms with E-state index in [1.54, 1.807) is 26.0 Å². The van der Waals surface area contributed by atoms with E-state index in [4.69, 9.17) is 0 Å². The van der Waals surface area contributed by atoms with Gasteiger partial charge >= 0.3 is 17.8 Å². The lowest BCUT2D eigenvalue weighted by molar-refractivity contribution is -0.143. The van der Waals surface area contributed by atoms with Crippen LogP contribution < -0.4 is 0 Å². The Bertz CT molecular complexity index is 605. The van der Waals surface area contributed by atoms with E-state index in [2.05, 4.69) is 0 Å². The first-order chi connectivity index (χ1) is 9.32. The van der Waals surface area contributed by atoms with E-state index in [0.717, 1.165) is 9.78 Å². The summed E-state index contributed by atoms with van der Waals surface area (Å²) in [6, 6.07) is 2.30. The molecule has 0 spiro atoms. The van der Waals surface area contributed by atoms with Crippen LogP contribution in [-0.2, 0) is 9.59 Å². The summed E-state index contributed by atoms with van der Waals surface area (Å²) in [5, 5.41) is 0. The minimum atomic E-state index is -0.940. The zero-order valence-corrected chi connectivity index (χ0v) is 12.2. The Hall–Kier alpha value is -2.02. The first kappa shape index (κ1) is 14.4. The van der Waals surface area contributed by atoms with Crippen LogP contribution in [0.15, 0.2) is 12.1 Å². The first-order valence-corrected chi connectivity index (χ1v) is 6.93. The summed E-state index contributed by atoms with van der Waals surface area (Å²) in [6.07, 6.45) is 0. The topological polar surface area (TPSA) is 74.8 Å². The number of ketones is 1. The summed E-state index contributed by atoms with van der Waals surface area (Å²) in [4.78, 5) is 50.5. The van der Waals surface area contributed by atoms with Gasteiger partial charge in [0.2, 0.25) is 0 Å². The number of amides is 4. The van der Waals surface area contributed by atoms with Crippen molar-refractivity contribution < 1.29 is 19.2 Å². The molecule has 0 atom stereocenters. The Balaban J connectivity index is 2.18. The monoisotopic (exact) mass is 294 g/mol. The minimum Gasteiger partial charge on any atom is -0.291 e. The molecule has 0 unspecified atom stereocenters. The predicted octanol–water partition coefficient (Wildman–Crippen LogP) is 1.44. The van der Waals surface area contributed by atoms with Crippen LogP contribution in [0.3, 0.4) is 0 Å². The van der Waals surface area contributed by atoms with Crippen molar-refractivity contribution >= 4 is 35.0 Å². The number of urea groups is 1. The second kappa shape index (κ2) is 5.16. The van der Waals surface area contributed by atoms with Gasteiger partial charge in [0.1, 0.15) is 0 Å². The predicted molar refractivity (Wildman–Crippen MR) is 72.5 cm³/mol. The number of carbonyl (C=O) groups excluding carboxylic acids is 4. The molecule has 0 saturated carbocycles. The van der Waals surface area contributed by atoms with Crippen molar-refractivity contribution in [1.29, 1.82) is 0 Å². The molecule has 7 heteroatoms. The molecule has 4 amide bonds. The maximum absolute atomic E-state index is 12.0. The molecule has 2 rings (SSSR count). The van der Waals surface area contributed by atoms with E-state index < -0.39 is 30.4 Å². The highest BCUT2D eigenvalue weighted by Crippen LogP contribution is 2.19. The van der Waals surface area contributed by atoms with Crippen molar-refractivity contribution in [1.82, 2.24) is 9.80 Å². The molecule has 0 bridgehead atoms. The molecule has 1 aliphatic heterocycles. The molecule has 1 aromatic rings. The second-order valence-corrected chi connectivity index (χ2v) is 6.06. The molecule has 1 aromatic heterocycles. The third kappa shape index (κ3) is 2.36. The van der Waals surface area contributed by atoms with Crippen molar-refractivity contribution in [2.24, 2.45) is 0 Å². The third-order valence-electron chi connectivity index (χ3n) is 2.92. The van der Waals surface area contributed by atoms with Gasteiger partial charge in [-0.2, -0.15) is 0 Å². The molecule has 1 fully saturated rings. The van der Waals surface area contributed by atoms with Crippen LogP contribution in [-0.4, -0.2) is 46.0 Å². The molecule has 1 aliphatic rings. The number of rotatable bonds is 4. The van der Waals surface area contributed by atoms with Crippen LogP contribution in [0.25, 0.3) is 0 Å². The molecule has 0 radical (unpaired) electrons. The summed E-state index contributed by atoms with van der Waals surface area (Å²) in [5.41, 5.74) is 0. The maximum Gasteiger partial charge on any atom is 0.334 e. The van der Waals surface area contributed by atoms with Gasteiger partial charge in [0, 0.05) is 10.9 Å². The Morgan fingerprint density at radius 1 is 1.20 bits per heavy atom. The molecule has 106 valence electrons. The maximum atomic E-state index is 12.0. The molecule has 0 aromatic carbocycles. The third-order valence-corrected chi connectivity index (χ3v) is 3.96. The Morgan fingerprint density at radius 3 is 2.30 bits per heavy atom. The molecule has 20 heavy (non-hydrogen) atoms. The highest BCUT2D eigenvalue weighted by molar-refractivity contribution is 7.14. The number of carbonyl (C=O) groups is 4. The number of aryl methyl sites for hydroxylation is 1. The standard InChI is InChI=1S/C13H14N2O4S/c1-7(2)15-12(18)11(17)14(13(15)19)6-9(16)10-5-4-8(3)20-10/h4-5,7H,6H2,1-3H3. The minimum absolute atomic E-state index is 0.344. The lowest BCUT2D eigenvalue weighted by Crippen LogP contribution is -2.39. The highest BCUT2D eigenvalue weighted by Gasteiger charge is 2.46. The normalized spacial score (nSPS) is 15.7. The molecular weight excluding hydrogens is 280 g/mol. The van der Waals surface area contributed by atoms with Gasteiger partial charge in [-0.05, 0) is 32.9 Å². The summed E-state index contributed by atoms with van der Waals surface area (Å²) in [6.45, 7) is 4.73. The number of Topliss-reactive ketones (excluding diaryl/α,β-unsaturated/α-hetero) is 1. The van der Waals surface area contributed by atoms with E-state index in [-0.39, 0.29) is 5.78 Å². The lowest BCUT2D eigenvalue weighted by atomic mass is 10.3. The van der Waals surface area contributed by atoms with Crippen LogP contribution in [0.4, 0.5) is 4.79 Å². The van der Waals surface area contributed by atoms with Crippen LogP contribution in [0, 0.1) is 6.92 Å². The van der Waals surface area contributed by atoms with Gasteiger partial charge in [0.15, 0.2) is 5.78 Å². The molecule has 6 nitrogen and oxygen atoms in total. The average molecular weight is 294 g/mol. The largest absolute Gasteiger partial charge is 0.334 e. The first-order valence-electron chi connectivity index (χ1n) is 6.11. The second-order valence-electron chi connectivity index (χ2n) is 4.78. The molecule has 0 aliphatic carbocycles. The fourth-order valence-corrected chi connectivity index (χ4v) is 2.72. The Kier molecular flexibility index (Phi) is 3.71. The Labute approximate surface area is 120 Å². The fraction of sp³-hybridized carbons (Fsp3) is 0.385. The SMILES string of the molecule is Cc1ccc(C(=O)CN2C(=O)C(=O)N(C(C)C)C2=O)s1. The summed E-state index contributed by atoms with van der Waals surface area (Å²) in [7, 11) is 0. The Morgan fingerprint density at radius 2 is 1.85 bits per heavy atom. The number of nitrogens with zero attached hydrogens (tertiary/aromatic N) is 2. The summed E-state index contributed by atoms with van der Waals surface area (Å²) < 4.78 is 0. The average Bonchev–Trinajstić information content (AvgIpc) is 2.88. The van der Waals surface area contributed by atoms with Crippen LogP contribution >= 0.6 is 11.3 Å². The highest BCUT2D eigenvalue weighted by atomic mass is 32.1. The van der Waals surface area contributed by atoms with Crippen molar-refractivity contribution in [2.45, 2.75) is 26.8 Å². The van der Waals surface area contributed by atoms with Gasteiger partial charge in [0.05, 0.1) is 11.4 Å². The smallest absolute Gasteiger partial charge is 0.291 e. The van der Waals surface area contributed by atoms with Crippen molar-refractivity contribution in [3.05, 3.63) is 21.9 Å². The number of thiophene rings is 1. The van der Waals surface area contributed by atoms with E-state index in [9.17, 15) is 19.2 Å². The van der Waals surface area contributed by atoms with Gasteiger partial charge in [0.25, 0.3) is 0 Å². The van der Waals surface area contributed by atoms with Gasteiger partial charge in [-0.3, -0.25) is 19.3 Å². The molecular formula is C13H14N2O4S. The molecule has 1 saturated heterocycles. The molecule has 0 N–H and O–H groups in total. The van der Waals surface area contributed by atoms with E-state index in [0.29, 0.717) is 9.78 Å². The van der Waals surface area contributed by atoms with Crippen LogP contribution in [0.1, 0.15) is 28.4 Å². The van der Waals surface area contributed by atoms with Gasteiger partial charge in [-0.15, -0.1) is 11.3 Å². The van der Waals surface area contributed by atoms with Crippen molar-refractivity contribution in [3.8, 4) is 0 Å². The van der Waals surface area contributed by atoms with E-state index >= 15 is 0 Å². The molecule has 2 heterocycles. The van der Waals surface area contributed by atoms with Gasteiger partial charge in [-0.1, -0.05) is 0 Å². The van der Waals surface area contributed by atoms with Gasteiger partial charge in [-0.25, -0.2) is 9.69 Å². The van der Waals surface area contributed by atoms with E-state index in [1.165, 1.54) is 11.3 Å². The quantitative estimate of drug-likeness (QED) is 0.478. The fourth-order valence-electron chi connectivity index (χ4n) is 1.92. The lowest BCUT2D eigenvalue weighted by Gasteiger charge is -2.17. The van der Waals surface area contributed by atoms with Crippen LogP contribution in [0.5, 0.6) is 0 Å². The summed E-state index contributed by atoms with van der Waals surface area (Å²) in [5.74, 6) is -2.16. The number of imide groups is 2. The van der Waals surface area contributed by atoms with Crippen molar-refractivity contribution in [3.63, 3.8) is 0 Å². The van der Waals surface area contributed by atoms with Crippen LogP contribution in [0.2, 0.25) is 0 Å². The van der Waals surface area contributed by atoms with E-state index in [1.807, 2.05) is 6.92 Å². The number of hydrogen-bond donors (Lipinski definition) is 0.